The van der Waals surface area contributed by atoms with E-state index in [4.69, 9.17) is 20.7 Å². The second-order valence-corrected chi connectivity index (χ2v) is 9.13. The summed E-state index contributed by atoms with van der Waals surface area (Å²) in [5.41, 5.74) is 5.34. The molecule has 1 heterocycles. The van der Waals surface area contributed by atoms with E-state index in [2.05, 4.69) is 5.32 Å². The van der Waals surface area contributed by atoms with Crippen LogP contribution in [0.25, 0.3) is 0 Å². The zero-order valence-electron chi connectivity index (χ0n) is 20.4. The molecule has 0 aromatic heterocycles. The van der Waals surface area contributed by atoms with Crippen LogP contribution in [0.3, 0.4) is 0 Å². The molecule has 1 fully saturated rings. The van der Waals surface area contributed by atoms with E-state index in [1.54, 1.807) is 0 Å². The number of rotatable bonds is 9. The third-order valence-electron chi connectivity index (χ3n) is 4.89. The average Bonchev–Trinajstić information content (AvgIpc) is 2.74. The number of carbonyl (C=O) groups excluding carboxylic acids is 2. The summed E-state index contributed by atoms with van der Waals surface area (Å²) in [6.07, 6.45) is -0.902. The fourth-order valence-electron chi connectivity index (χ4n) is 3.14. The minimum atomic E-state index is -1.29. The van der Waals surface area contributed by atoms with Gasteiger partial charge in [-0.05, 0) is 38.8 Å². The van der Waals surface area contributed by atoms with Crippen LogP contribution in [0, 0.1) is 17.5 Å². The van der Waals surface area contributed by atoms with Crippen LogP contribution in [0.5, 0.6) is 0 Å². The summed E-state index contributed by atoms with van der Waals surface area (Å²) in [5, 5.41) is 18.5. The van der Waals surface area contributed by atoms with Crippen LogP contribution in [-0.2, 0) is 30.3 Å². The number of carboxylic acid groups (broad SMARTS) is 2. The normalized spacial score (nSPS) is 16.5. The Labute approximate surface area is 206 Å². The number of benzene rings is 1. The standard InChI is InChI=1S/C19H26F3N3O3.C4H6O4/c1-19(2,3)28-10-16-18(27)24-4-5-25(16)17(26)8-12(23)6-11-7-14(21)15(22)9-13(11)20;5-3(6)1-2-4(7)8/h7,9,12,16H,4-6,8,10,23H2,1-3H3,(H,24,27);1-2H2,(H,5,6)(H,7,8). The number of nitrogens with zero attached hydrogens (tertiary/aromatic N) is 1. The van der Waals surface area contributed by atoms with Gasteiger partial charge in [-0.25, -0.2) is 13.2 Å². The molecular weight excluding hydrogens is 487 g/mol. The van der Waals surface area contributed by atoms with Crippen molar-refractivity contribution in [2.75, 3.05) is 19.7 Å². The van der Waals surface area contributed by atoms with Gasteiger partial charge >= 0.3 is 11.9 Å². The van der Waals surface area contributed by atoms with E-state index in [0.717, 1.165) is 6.07 Å². The van der Waals surface area contributed by atoms with Crippen LogP contribution in [0.15, 0.2) is 12.1 Å². The highest BCUT2D eigenvalue weighted by Gasteiger charge is 2.34. The Morgan fingerprint density at radius 1 is 1.11 bits per heavy atom. The van der Waals surface area contributed by atoms with Crippen LogP contribution in [-0.4, -0.2) is 76.2 Å². The Morgan fingerprint density at radius 2 is 1.67 bits per heavy atom. The molecule has 2 unspecified atom stereocenters. The third kappa shape index (κ3) is 11.0. The monoisotopic (exact) mass is 519 g/mol. The van der Waals surface area contributed by atoms with E-state index in [1.807, 2.05) is 20.8 Å². The highest BCUT2D eigenvalue weighted by molar-refractivity contribution is 5.89. The van der Waals surface area contributed by atoms with Crippen molar-refractivity contribution in [3.8, 4) is 0 Å². The molecule has 0 radical (unpaired) electrons. The van der Waals surface area contributed by atoms with Crippen molar-refractivity contribution in [2.24, 2.45) is 5.73 Å². The van der Waals surface area contributed by atoms with E-state index >= 15 is 0 Å². The van der Waals surface area contributed by atoms with Gasteiger partial charge in [0.25, 0.3) is 0 Å². The Kier molecular flexibility index (Phi) is 11.8. The second kappa shape index (κ2) is 13.8. The van der Waals surface area contributed by atoms with Gasteiger partial charge in [0.05, 0.1) is 25.0 Å². The summed E-state index contributed by atoms with van der Waals surface area (Å²) in [6, 6.07) is -0.411. The van der Waals surface area contributed by atoms with E-state index in [0.29, 0.717) is 19.2 Å². The number of halogens is 3. The molecule has 1 aliphatic rings. The van der Waals surface area contributed by atoms with E-state index in [-0.39, 0.29) is 49.7 Å². The van der Waals surface area contributed by atoms with Crippen LogP contribution in [0.1, 0.15) is 45.6 Å². The fraction of sp³-hybridized carbons (Fsp3) is 0.565. The molecule has 0 aliphatic carbocycles. The molecule has 2 rings (SSSR count). The van der Waals surface area contributed by atoms with Crippen LogP contribution in [0.4, 0.5) is 13.2 Å². The number of nitrogens with one attached hydrogen (secondary N) is 1. The van der Waals surface area contributed by atoms with Crippen molar-refractivity contribution < 1.29 is 47.3 Å². The molecule has 2 amide bonds. The van der Waals surface area contributed by atoms with Crippen molar-refractivity contribution in [3.63, 3.8) is 0 Å². The molecule has 1 aromatic rings. The maximum atomic E-state index is 13.8. The molecule has 36 heavy (non-hydrogen) atoms. The first-order valence-electron chi connectivity index (χ1n) is 11.1. The third-order valence-corrected chi connectivity index (χ3v) is 4.89. The Hall–Kier alpha value is -3.19. The average molecular weight is 520 g/mol. The van der Waals surface area contributed by atoms with Gasteiger partial charge in [-0.15, -0.1) is 0 Å². The molecule has 1 aliphatic heterocycles. The van der Waals surface area contributed by atoms with Crippen LogP contribution in [0.2, 0.25) is 0 Å². The minimum Gasteiger partial charge on any atom is -0.481 e. The number of piperazine rings is 1. The van der Waals surface area contributed by atoms with E-state index < -0.39 is 47.1 Å². The van der Waals surface area contributed by atoms with Gasteiger partial charge in [-0.3, -0.25) is 19.2 Å². The van der Waals surface area contributed by atoms with Gasteiger partial charge in [0.15, 0.2) is 11.6 Å². The Bertz CT molecular complexity index is 940. The Balaban J connectivity index is 0.000000697. The Morgan fingerprint density at radius 3 is 2.19 bits per heavy atom. The zero-order chi connectivity index (χ0) is 27.6. The van der Waals surface area contributed by atoms with Gasteiger partial charge in [-0.1, -0.05) is 0 Å². The fourth-order valence-corrected chi connectivity index (χ4v) is 3.14. The molecule has 0 saturated carbocycles. The topological polar surface area (TPSA) is 159 Å². The zero-order valence-corrected chi connectivity index (χ0v) is 20.4. The van der Waals surface area contributed by atoms with Crippen molar-refractivity contribution in [1.29, 1.82) is 0 Å². The lowest BCUT2D eigenvalue weighted by atomic mass is 10.0. The molecule has 13 heteroatoms. The number of ether oxygens (including phenoxy) is 1. The maximum absolute atomic E-state index is 13.8. The first-order chi connectivity index (χ1) is 16.6. The first kappa shape index (κ1) is 30.8. The predicted octanol–water partition coefficient (Wildman–Crippen LogP) is 1.44. The molecular formula is C23H32F3N3O7. The largest absolute Gasteiger partial charge is 0.481 e. The summed E-state index contributed by atoms with van der Waals surface area (Å²) in [6.45, 7) is 6.16. The second-order valence-electron chi connectivity index (χ2n) is 9.13. The number of carbonyl (C=O) groups is 4. The number of carboxylic acids is 2. The summed E-state index contributed by atoms with van der Waals surface area (Å²) in [7, 11) is 0. The minimum absolute atomic E-state index is 0.0358. The van der Waals surface area contributed by atoms with Gasteiger partial charge in [0.2, 0.25) is 11.8 Å². The smallest absolute Gasteiger partial charge is 0.303 e. The van der Waals surface area contributed by atoms with E-state index in [1.165, 1.54) is 4.90 Å². The highest BCUT2D eigenvalue weighted by atomic mass is 19.2. The molecule has 1 saturated heterocycles. The first-order valence-corrected chi connectivity index (χ1v) is 11.1. The molecule has 1 aromatic carbocycles. The summed E-state index contributed by atoms with van der Waals surface area (Å²) >= 11 is 0. The lowest BCUT2D eigenvalue weighted by Crippen LogP contribution is -2.60. The van der Waals surface area contributed by atoms with Crippen LogP contribution >= 0.6 is 0 Å². The summed E-state index contributed by atoms with van der Waals surface area (Å²) in [5.74, 6) is -6.23. The summed E-state index contributed by atoms with van der Waals surface area (Å²) < 4.78 is 45.8. The molecule has 0 spiro atoms. The highest BCUT2D eigenvalue weighted by Crippen LogP contribution is 2.17. The van der Waals surface area contributed by atoms with E-state index in [9.17, 15) is 32.3 Å². The maximum Gasteiger partial charge on any atom is 0.303 e. The molecule has 10 nitrogen and oxygen atoms in total. The summed E-state index contributed by atoms with van der Waals surface area (Å²) in [4.78, 5) is 45.5. The molecule has 2 atom stereocenters. The van der Waals surface area contributed by atoms with Crippen molar-refractivity contribution in [3.05, 3.63) is 35.1 Å². The van der Waals surface area contributed by atoms with Gasteiger partial charge in [0.1, 0.15) is 11.9 Å². The SMILES string of the molecule is CC(C)(C)OCC1C(=O)NCCN1C(=O)CC(N)Cc1cc(F)c(F)cc1F.O=C(O)CCC(=O)O. The number of hydrogen-bond donors (Lipinski definition) is 4. The van der Waals surface area contributed by atoms with Crippen LogP contribution < -0.4 is 11.1 Å². The lowest BCUT2D eigenvalue weighted by Gasteiger charge is -2.36. The molecule has 5 N–H and O–H groups in total. The van der Waals surface area contributed by atoms with Crippen molar-refractivity contribution in [2.45, 2.75) is 64.1 Å². The van der Waals surface area contributed by atoms with Gasteiger partial charge < -0.3 is 30.9 Å². The van der Waals surface area contributed by atoms with Gasteiger partial charge in [-0.2, -0.15) is 0 Å². The predicted molar refractivity (Wildman–Crippen MR) is 121 cm³/mol. The number of aliphatic carboxylic acids is 2. The van der Waals surface area contributed by atoms with Crippen molar-refractivity contribution >= 4 is 23.8 Å². The number of amides is 2. The van der Waals surface area contributed by atoms with Gasteiger partial charge in [0, 0.05) is 31.6 Å². The molecule has 202 valence electrons. The lowest BCUT2D eigenvalue weighted by molar-refractivity contribution is -0.148. The number of nitrogens with two attached hydrogens (primary N) is 1. The van der Waals surface area contributed by atoms with Crippen molar-refractivity contribution in [1.82, 2.24) is 10.2 Å². The number of hydrogen-bond acceptors (Lipinski definition) is 6. The quantitative estimate of drug-likeness (QED) is 0.357. The molecule has 0 bridgehead atoms.